The van der Waals surface area contributed by atoms with Crippen molar-refractivity contribution in [2.45, 2.75) is 31.8 Å². The molecule has 0 saturated carbocycles. The van der Waals surface area contributed by atoms with Crippen LogP contribution in [0.2, 0.25) is 0 Å². The van der Waals surface area contributed by atoms with Gasteiger partial charge in [-0.2, -0.15) is 0 Å². The number of carbonyl (C=O) groups excluding carboxylic acids is 1. The Morgan fingerprint density at radius 3 is 2.57 bits per heavy atom. The highest BCUT2D eigenvalue weighted by Crippen LogP contribution is 2.29. The van der Waals surface area contributed by atoms with Gasteiger partial charge in [-0.1, -0.05) is 36.4 Å². The molecule has 1 aliphatic heterocycles. The van der Waals surface area contributed by atoms with E-state index in [4.69, 9.17) is 0 Å². The van der Waals surface area contributed by atoms with Gasteiger partial charge in [-0.15, -0.1) is 0 Å². The molecule has 0 aliphatic carbocycles. The molecule has 0 unspecified atom stereocenters. The number of pyridine rings is 2. The van der Waals surface area contributed by atoms with Crippen molar-refractivity contribution < 1.29 is 4.79 Å². The van der Waals surface area contributed by atoms with E-state index in [1.165, 1.54) is 5.56 Å². The lowest BCUT2D eigenvalue weighted by atomic mass is 9.88. The minimum Gasteiger partial charge on any atom is -0.347 e. The number of benzene rings is 1. The van der Waals surface area contributed by atoms with Gasteiger partial charge in [-0.05, 0) is 60.7 Å². The highest BCUT2D eigenvalue weighted by Gasteiger charge is 2.30. The first-order valence-electron chi connectivity index (χ1n) is 10.6. The van der Waals surface area contributed by atoms with E-state index in [-0.39, 0.29) is 11.9 Å². The average Bonchev–Trinajstić information content (AvgIpc) is 2.80. The van der Waals surface area contributed by atoms with Crippen LogP contribution in [0.25, 0.3) is 0 Å². The molecule has 1 aromatic carbocycles. The maximum absolute atomic E-state index is 12.9. The first-order valence-corrected chi connectivity index (χ1v) is 10.6. The van der Waals surface area contributed by atoms with Gasteiger partial charge in [0.25, 0.3) is 0 Å². The van der Waals surface area contributed by atoms with E-state index in [0.717, 1.165) is 43.7 Å². The standard InChI is InChI=1S/C25H28N4O/c30-24(17-20-7-2-1-3-8-20)28-25(23-10-4-5-13-27-23)22-9-6-16-29(19-22)18-21-11-14-26-15-12-21/h1-5,7-8,10-15,22,25H,6,9,16-19H2,(H,28,30)/t22-,25+/m1/s1. The molecular weight excluding hydrogens is 372 g/mol. The Kier molecular flexibility index (Phi) is 6.83. The predicted octanol–water partition coefficient (Wildman–Crippen LogP) is 3.79. The number of piperidine rings is 1. The second-order valence-corrected chi connectivity index (χ2v) is 7.96. The van der Waals surface area contributed by atoms with Crippen LogP contribution in [0.15, 0.2) is 79.3 Å². The van der Waals surface area contributed by atoms with E-state index in [0.29, 0.717) is 12.3 Å². The SMILES string of the molecule is O=C(Cc1ccccc1)N[C@H](c1ccccn1)[C@@H]1CCCN(Cc2ccncc2)C1. The zero-order valence-electron chi connectivity index (χ0n) is 17.2. The predicted molar refractivity (Wildman–Crippen MR) is 118 cm³/mol. The van der Waals surface area contributed by atoms with E-state index < -0.39 is 0 Å². The van der Waals surface area contributed by atoms with Crippen molar-refractivity contribution in [1.82, 2.24) is 20.2 Å². The maximum atomic E-state index is 12.9. The van der Waals surface area contributed by atoms with Crippen molar-refractivity contribution in [2.24, 2.45) is 5.92 Å². The summed E-state index contributed by atoms with van der Waals surface area (Å²) in [5.41, 5.74) is 3.24. The average molecular weight is 401 g/mol. The van der Waals surface area contributed by atoms with Crippen molar-refractivity contribution in [2.75, 3.05) is 13.1 Å². The molecule has 2 atom stereocenters. The number of amides is 1. The minimum atomic E-state index is -0.0809. The van der Waals surface area contributed by atoms with Crippen LogP contribution < -0.4 is 5.32 Å². The zero-order valence-corrected chi connectivity index (χ0v) is 17.2. The maximum Gasteiger partial charge on any atom is 0.224 e. The number of rotatable bonds is 7. The van der Waals surface area contributed by atoms with Crippen LogP contribution in [0.5, 0.6) is 0 Å². The second-order valence-electron chi connectivity index (χ2n) is 7.96. The monoisotopic (exact) mass is 400 g/mol. The van der Waals surface area contributed by atoms with E-state index >= 15 is 0 Å². The summed E-state index contributed by atoms with van der Waals surface area (Å²) in [7, 11) is 0. The van der Waals surface area contributed by atoms with Crippen molar-refractivity contribution in [3.63, 3.8) is 0 Å². The number of carbonyl (C=O) groups is 1. The second kappa shape index (κ2) is 10.1. The summed E-state index contributed by atoms with van der Waals surface area (Å²) in [6.45, 7) is 2.92. The molecule has 154 valence electrons. The highest BCUT2D eigenvalue weighted by atomic mass is 16.1. The lowest BCUT2D eigenvalue weighted by molar-refractivity contribution is -0.121. The summed E-state index contributed by atoms with van der Waals surface area (Å²) in [4.78, 5) is 24.0. The molecule has 1 fully saturated rings. The molecule has 30 heavy (non-hydrogen) atoms. The molecule has 0 bridgehead atoms. The summed E-state index contributed by atoms with van der Waals surface area (Å²) < 4.78 is 0. The number of aromatic nitrogens is 2. The van der Waals surface area contributed by atoms with Gasteiger partial charge in [-0.3, -0.25) is 19.7 Å². The van der Waals surface area contributed by atoms with Crippen LogP contribution >= 0.6 is 0 Å². The van der Waals surface area contributed by atoms with Crippen LogP contribution in [-0.2, 0) is 17.8 Å². The van der Waals surface area contributed by atoms with Gasteiger partial charge in [0, 0.05) is 31.7 Å². The number of nitrogens with zero attached hydrogens (tertiary/aromatic N) is 3. The Morgan fingerprint density at radius 1 is 1.00 bits per heavy atom. The van der Waals surface area contributed by atoms with E-state index in [1.807, 2.05) is 67.1 Å². The summed E-state index contributed by atoms with van der Waals surface area (Å²) in [5, 5.41) is 3.30. The van der Waals surface area contributed by atoms with E-state index in [1.54, 1.807) is 0 Å². The van der Waals surface area contributed by atoms with Gasteiger partial charge in [0.05, 0.1) is 18.2 Å². The highest BCUT2D eigenvalue weighted by molar-refractivity contribution is 5.79. The largest absolute Gasteiger partial charge is 0.347 e. The third kappa shape index (κ3) is 5.51. The Bertz CT molecular complexity index is 918. The normalized spacial score (nSPS) is 17.9. The fraction of sp³-hybridized carbons (Fsp3) is 0.320. The number of hydrogen-bond acceptors (Lipinski definition) is 4. The summed E-state index contributed by atoms with van der Waals surface area (Å²) in [5.74, 6) is 0.373. The Labute approximate surface area is 178 Å². The Morgan fingerprint density at radius 2 is 1.80 bits per heavy atom. The van der Waals surface area contributed by atoms with Gasteiger partial charge < -0.3 is 5.32 Å². The van der Waals surface area contributed by atoms with Crippen LogP contribution in [0.1, 0.15) is 35.7 Å². The molecule has 1 aliphatic rings. The van der Waals surface area contributed by atoms with Crippen molar-refractivity contribution >= 4 is 5.91 Å². The zero-order chi connectivity index (χ0) is 20.6. The van der Waals surface area contributed by atoms with Crippen molar-refractivity contribution in [3.05, 3.63) is 96.1 Å². The summed E-state index contributed by atoms with van der Waals surface area (Å²) >= 11 is 0. The molecule has 1 amide bonds. The Hall–Kier alpha value is -3.05. The summed E-state index contributed by atoms with van der Waals surface area (Å²) in [6.07, 6.45) is 8.09. The lowest BCUT2D eigenvalue weighted by Gasteiger charge is -2.37. The number of nitrogens with one attached hydrogen (secondary N) is 1. The molecule has 5 heteroatoms. The van der Waals surface area contributed by atoms with Crippen LogP contribution in [0.4, 0.5) is 0 Å². The molecule has 3 heterocycles. The molecule has 1 N–H and O–H groups in total. The molecule has 2 aromatic heterocycles. The quantitative estimate of drug-likeness (QED) is 0.656. The molecule has 3 aromatic rings. The van der Waals surface area contributed by atoms with Crippen LogP contribution in [0.3, 0.4) is 0 Å². The van der Waals surface area contributed by atoms with Crippen LogP contribution in [0, 0.1) is 5.92 Å². The van der Waals surface area contributed by atoms with Gasteiger partial charge in [0.15, 0.2) is 0 Å². The van der Waals surface area contributed by atoms with Crippen molar-refractivity contribution in [3.8, 4) is 0 Å². The number of likely N-dealkylation sites (tertiary alicyclic amines) is 1. The van der Waals surface area contributed by atoms with Gasteiger partial charge in [0.1, 0.15) is 0 Å². The topological polar surface area (TPSA) is 58.1 Å². The van der Waals surface area contributed by atoms with E-state index in [9.17, 15) is 4.79 Å². The molecule has 1 saturated heterocycles. The molecule has 4 rings (SSSR count). The molecule has 5 nitrogen and oxygen atoms in total. The minimum absolute atomic E-state index is 0.0445. The van der Waals surface area contributed by atoms with E-state index in [2.05, 4.69) is 32.3 Å². The molecular formula is C25H28N4O. The first kappa shape index (κ1) is 20.2. The first-order chi connectivity index (χ1) is 14.8. The van der Waals surface area contributed by atoms with Crippen LogP contribution in [-0.4, -0.2) is 33.9 Å². The lowest BCUT2D eigenvalue weighted by Crippen LogP contribution is -2.43. The summed E-state index contributed by atoms with van der Waals surface area (Å²) in [6, 6.07) is 19.9. The third-order valence-corrected chi connectivity index (χ3v) is 5.70. The fourth-order valence-corrected chi connectivity index (χ4v) is 4.25. The smallest absolute Gasteiger partial charge is 0.224 e. The van der Waals surface area contributed by atoms with Crippen molar-refractivity contribution in [1.29, 1.82) is 0 Å². The van der Waals surface area contributed by atoms with Gasteiger partial charge in [-0.25, -0.2) is 0 Å². The fourth-order valence-electron chi connectivity index (χ4n) is 4.25. The third-order valence-electron chi connectivity index (χ3n) is 5.70. The Balaban J connectivity index is 1.47. The van der Waals surface area contributed by atoms with Gasteiger partial charge in [0.2, 0.25) is 5.91 Å². The number of hydrogen-bond donors (Lipinski definition) is 1. The molecule has 0 spiro atoms. The van der Waals surface area contributed by atoms with Gasteiger partial charge >= 0.3 is 0 Å². The molecule has 0 radical (unpaired) electrons.